The van der Waals surface area contributed by atoms with Gasteiger partial charge in [-0.3, -0.25) is 0 Å². The first-order valence-corrected chi connectivity index (χ1v) is 8.02. The lowest BCUT2D eigenvalue weighted by atomic mass is 10.1. The zero-order valence-corrected chi connectivity index (χ0v) is 12.8. The molecular formula is C15H23NO2S. The number of hydrogen-bond acceptors (Lipinski definition) is 4. The first-order valence-electron chi connectivity index (χ1n) is 6.74. The van der Waals surface area contributed by atoms with Crippen LogP contribution >= 0.6 is 11.8 Å². The Morgan fingerprint density at radius 1 is 1.26 bits per heavy atom. The molecule has 1 fully saturated rings. The number of ether oxygens (including phenoxy) is 2. The van der Waals surface area contributed by atoms with Crippen molar-refractivity contribution in [3.05, 3.63) is 23.8 Å². The molecule has 2 atom stereocenters. The molecule has 0 aromatic heterocycles. The Hall–Kier alpha value is -0.870. The molecular weight excluding hydrogens is 258 g/mol. The Labute approximate surface area is 120 Å². The summed E-state index contributed by atoms with van der Waals surface area (Å²) in [7, 11) is 3.38. The molecule has 2 unspecified atom stereocenters. The molecule has 0 bridgehead atoms. The van der Waals surface area contributed by atoms with E-state index < -0.39 is 0 Å². The molecule has 106 valence electrons. The average Bonchev–Trinajstić information content (AvgIpc) is 2.92. The van der Waals surface area contributed by atoms with E-state index in [0.29, 0.717) is 6.04 Å². The van der Waals surface area contributed by atoms with Gasteiger partial charge in [0.15, 0.2) is 0 Å². The average molecular weight is 281 g/mol. The third-order valence-corrected chi connectivity index (χ3v) is 4.89. The molecule has 1 aliphatic carbocycles. The molecule has 0 saturated heterocycles. The van der Waals surface area contributed by atoms with Crippen molar-refractivity contribution < 1.29 is 9.47 Å². The van der Waals surface area contributed by atoms with E-state index in [1.54, 1.807) is 14.2 Å². The fraction of sp³-hybridized carbons (Fsp3) is 0.600. The van der Waals surface area contributed by atoms with Gasteiger partial charge in [-0.2, -0.15) is 11.8 Å². The molecule has 3 nitrogen and oxygen atoms in total. The normalized spacial score (nSPS) is 22.5. The minimum atomic E-state index is 0.643. The highest BCUT2D eigenvalue weighted by Gasteiger charge is 2.23. The lowest BCUT2D eigenvalue weighted by molar-refractivity contribution is 0.388. The summed E-state index contributed by atoms with van der Waals surface area (Å²) >= 11 is 1.99. The maximum absolute atomic E-state index is 5.42. The van der Waals surface area contributed by atoms with Crippen molar-refractivity contribution in [1.82, 2.24) is 5.32 Å². The fourth-order valence-corrected chi connectivity index (χ4v) is 3.39. The Bertz CT molecular complexity index is 411. The maximum atomic E-state index is 5.42. The highest BCUT2D eigenvalue weighted by molar-refractivity contribution is 7.99. The van der Waals surface area contributed by atoms with Crippen LogP contribution in [0.15, 0.2) is 18.2 Å². The quantitative estimate of drug-likeness (QED) is 0.868. The number of thioether (sulfide) groups is 1. The smallest absolute Gasteiger partial charge is 0.127 e. The summed E-state index contributed by atoms with van der Waals surface area (Å²) in [4.78, 5) is 0. The standard InChI is InChI=1S/C15H23NO2S/c1-17-13-6-4-11(15(9-13)18-2)10-16-12-5-7-14(8-12)19-3/h4,6,9,12,14,16H,5,7-8,10H2,1-3H3. The molecule has 1 N–H and O–H groups in total. The third kappa shape index (κ3) is 3.80. The zero-order valence-electron chi connectivity index (χ0n) is 11.9. The minimum Gasteiger partial charge on any atom is -0.497 e. The van der Waals surface area contributed by atoms with E-state index in [-0.39, 0.29) is 0 Å². The van der Waals surface area contributed by atoms with Gasteiger partial charge in [-0.05, 0) is 31.6 Å². The summed E-state index contributed by atoms with van der Waals surface area (Å²) in [6.45, 7) is 0.860. The van der Waals surface area contributed by atoms with E-state index in [0.717, 1.165) is 23.3 Å². The third-order valence-electron chi connectivity index (χ3n) is 3.79. The predicted octanol–water partition coefficient (Wildman–Crippen LogP) is 3.08. The second kappa shape index (κ2) is 7.06. The van der Waals surface area contributed by atoms with Gasteiger partial charge in [-0.15, -0.1) is 0 Å². The topological polar surface area (TPSA) is 30.5 Å². The lowest BCUT2D eigenvalue weighted by Crippen LogP contribution is -2.26. The summed E-state index contributed by atoms with van der Waals surface area (Å²) in [5, 5.41) is 4.47. The van der Waals surface area contributed by atoms with E-state index in [9.17, 15) is 0 Å². The first-order chi connectivity index (χ1) is 9.26. The van der Waals surface area contributed by atoms with Gasteiger partial charge in [0.2, 0.25) is 0 Å². The summed E-state index contributed by atoms with van der Waals surface area (Å²) in [6, 6.07) is 6.64. The molecule has 1 aromatic rings. The Morgan fingerprint density at radius 3 is 2.74 bits per heavy atom. The van der Waals surface area contributed by atoms with Crippen molar-refractivity contribution in [2.45, 2.75) is 37.1 Å². The molecule has 0 radical (unpaired) electrons. The van der Waals surface area contributed by atoms with Crippen molar-refractivity contribution >= 4 is 11.8 Å². The van der Waals surface area contributed by atoms with Crippen LogP contribution in [0.1, 0.15) is 24.8 Å². The van der Waals surface area contributed by atoms with Gasteiger partial charge in [0.05, 0.1) is 14.2 Å². The molecule has 1 aromatic carbocycles. The number of nitrogens with one attached hydrogen (secondary N) is 1. The summed E-state index contributed by atoms with van der Waals surface area (Å²) < 4.78 is 10.6. The molecule has 0 heterocycles. The van der Waals surface area contributed by atoms with Gasteiger partial charge in [0.1, 0.15) is 11.5 Å². The Morgan fingerprint density at radius 2 is 2.11 bits per heavy atom. The predicted molar refractivity (Wildman–Crippen MR) is 81.3 cm³/mol. The van der Waals surface area contributed by atoms with Crippen molar-refractivity contribution in [2.24, 2.45) is 0 Å². The van der Waals surface area contributed by atoms with Crippen LogP contribution in [0.4, 0.5) is 0 Å². The van der Waals surface area contributed by atoms with Crippen molar-refractivity contribution in [1.29, 1.82) is 0 Å². The van der Waals surface area contributed by atoms with Crippen molar-refractivity contribution in [2.75, 3.05) is 20.5 Å². The number of methoxy groups -OCH3 is 2. The summed E-state index contributed by atoms with van der Waals surface area (Å²) in [5.74, 6) is 1.73. The van der Waals surface area contributed by atoms with E-state index in [2.05, 4.69) is 17.6 Å². The second-order valence-electron chi connectivity index (χ2n) is 4.93. The Kier molecular flexibility index (Phi) is 5.40. The zero-order chi connectivity index (χ0) is 13.7. The van der Waals surface area contributed by atoms with Crippen LogP contribution in [-0.2, 0) is 6.54 Å². The summed E-state index contributed by atoms with van der Waals surface area (Å²) in [6.07, 6.45) is 6.10. The van der Waals surface area contributed by atoms with Crippen molar-refractivity contribution in [3.8, 4) is 11.5 Å². The van der Waals surface area contributed by atoms with Crippen molar-refractivity contribution in [3.63, 3.8) is 0 Å². The first kappa shape index (κ1) is 14.5. The number of benzene rings is 1. The van der Waals surface area contributed by atoms with Crippen LogP contribution in [0.3, 0.4) is 0 Å². The van der Waals surface area contributed by atoms with Gasteiger partial charge in [-0.25, -0.2) is 0 Å². The minimum absolute atomic E-state index is 0.643. The highest BCUT2D eigenvalue weighted by atomic mass is 32.2. The van der Waals surface area contributed by atoms with Gasteiger partial charge < -0.3 is 14.8 Å². The van der Waals surface area contributed by atoms with E-state index >= 15 is 0 Å². The van der Waals surface area contributed by atoms with Gasteiger partial charge in [0.25, 0.3) is 0 Å². The van der Waals surface area contributed by atoms with E-state index in [1.807, 2.05) is 23.9 Å². The molecule has 2 rings (SSSR count). The molecule has 1 aliphatic rings. The van der Waals surface area contributed by atoms with Crippen LogP contribution in [0.25, 0.3) is 0 Å². The monoisotopic (exact) mass is 281 g/mol. The second-order valence-corrected chi connectivity index (χ2v) is 6.06. The molecule has 0 spiro atoms. The van der Waals surface area contributed by atoms with Crippen LogP contribution in [0, 0.1) is 0 Å². The largest absolute Gasteiger partial charge is 0.497 e. The number of rotatable bonds is 6. The highest BCUT2D eigenvalue weighted by Crippen LogP contribution is 2.29. The molecule has 0 amide bonds. The molecule has 19 heavy (non-hydrogen) atoms. The van der Waals surface area contributed by atoms with E-state index in [1.165, 1.54) is 24.8 Å². The molecule has 4 heteroatoms. The van der Waals surface area contributed by atoms with E-state index in [4.69, 9.17) is 9.47 Å². The molecule has 1 saturated carbocycles. The van der Waals surface area contributed by atoms with Gasteiger partial charge in [-0.1, -0.05) is 6.07 Å². The van der Waals surface area contributed by atoms with Crippen LogP contribution < -0.4 is 14.8 Å². The van der Waals surface area contributed by atoms with Gasteiger partial charge in [0, 0.05) is 29.5 Å². The SMILES string of the molecule is COc1ccc(CNC2CCC(SC)C2)c(OC)c1. The van der Waals surface area contributed by atoms with Crippen LogP contribution in [-0.4, -0.2) is 31.8 Å². The Balaban J connectivity index is 1.92. The fourth-order valence-electron chi connectivity index (χ4n) is 2.59. The molecule has 0 aliphatic heterocycles. The van der Waals surface area contributed by atoms with Gasteiger partial charge >= 0.3 is 0 Å². The lowest BCUT2D eigenvalue weighted by Gasteiger charge is -2.15. The van der Waals surface area contributed by atoms with Crippen LogP contribution in [0.5, 0.6) is 11.5 Å². The summed E-state index contributed by atoms with van der Waals surface area (Å²) in [5.41, 5.74) is 1.19. The van der Waals surface area contributed by atoms with Crippen LogP contribution in [0.2, 0.25) is 0 Å². The number of hydrogen-bond donors (Lipinski definition) is 1. The maximum Gasteiger partial charge on any atom is 0.127 e.